The summed E-state index contributed by atoms with van der Waals surface area (Å²) in [6.45, 7) is -0.472. The number of amides is 1. The number of para-hydroxylation sites is 2. The Bertz CT molecular complexity index is 975. The molecular formula is C20H18F2N2O3S. The maximum atomic E-state index is 12.6. The molecular weight excluding hydrogens is 386 g/mol. The van der Waals surface area contributed by atoms with Gasteiger partial charge in [-0.1, -0.05) is 42.1 Å². The number of halogens is 2. The topological polar surface area (TPSA) is 71.2 Å². The van der Waals surface area contributed by atoms with Crippen molar-refractivity contribution >= 4 is 40.2 Å². The number of hydrogen-bond acceptors (Lipinski definition) is 4. The third kappa shape index (κ3) is 5.32. The summed E-state index contributed by atoms with van der Waals surface area (Å²) in [5.74, 6) is -3.68. The first-order chi connectivity index (χ1) is 13.5. The predicted octanol–water partition coefficient (Wildman–Crippen LogP) is 4.60. The van der Waals surface area contributed by atoms with Crippen LogP contribution in [-0.4, -0.2) is 29.2 Å². The fourth-order valence-corrected chi connectivity index (χ4v) is 3.34. The number of thioether (sulfide) groups is 1. The van der Waals surface area contributed by atoms with Crippen molar-refractivity contribution < 1.29 is 23.1 Å². The molecule has 0 aliphatic heterocycles. The smallest absolute Gasteiger partial charge is 0.306 e. The molecule has 28 heavy (non-hydrogen) atoms. The van der Waals surface area contributed by atoms with Gasteiger partial charge in [-0.05, 0) is 30.2 Å². The second kappa shape index (κ2) is 9.36. The molecule has 2 N–H and O–H groups in total. The molecule has 0 spiro atoms. The molecule has 0 radical (unpaired) electrons. The van der Waals surface area contributed by atoms with Crippen molar-refractivity contribution in [3.63, 3.8) is 0 Å². The summed E-state index contributed by atoms with van der Waals surface area (Å²) in [4.78, 5) is 27.3. The lowest BCUT2D eigenvalue weighted by Crippen LogP contribution is -2.21. The number of ether oxygens (including phenoxy) is 1. The predicted molar refractivity (Wildman–Crippen MR) is 105 cm³/mol. The molecule has 0 saturated heterocycles. The van der Waals surface area contributed by atoms with Crippen LogP contribution in [0.1, 0.15) is 12.0 Å². The number of alkyl halides is 2. The quantitative estimate of drug-likeness (QED) is 0.425. The van der Waals surface area contributed by atoms with Gasteiger partial charge in [-0.15, -0.1) is 0 Å². The Labute approximate surface area is 164 Å². The molecule has 3 aromatic rings. The lowest BCUT2D eigenvalue weighted by Gasteiger charge is -2.10. The average Bonchev–Trinajstić information content (AvgIpc) is 3.09. The van der Waals surface area contributed by atoms with Crippen molar-refractivity contribution in [3.8, 4) is 0 Å². The number of anilines is 1. The molecule has 0 bridgehead atoms. The summed E-state index contributed by atoms with van der Waals surface area (Å²) in [6.07, 6.45) is 2.47. The van der Waals surface area contributed by atoms with Gasteiger partial charge in [0, 0.05) is 28.4 Å². The Hall–Kier alpha value is -2.87. The normalized spacial score (nSPS) is 11.0. The molecule has 0 unspecified atom stereocenters. The summed E-state index contributed by atoms with van der Waals surface area (Å²) >= 11 is 0.340. The first kappa shape index (κ1) is 19.9. The Morgan fingerprint density at radius 1 is 1.11 bits per heavy atom. The number of nitrogens with one attached hydrogen (secondary N) is 2. The highest BCUT2D eigenvalue weighted by Gasteiger charge is 2.13. The van der Waals surface area contributed by atoms with Crippen molar-refractivity contribution in [3.05, 3.63) is 60.3 Å². The molecule has 0 aliphatic rings. The van der Waals surface area contributed by atoms with Gasteiger partial charge in [0.2, 0.25) is 0 Å². The standard InChI is InChI=1S/C20H18F2N2O3S/c21-20(22)28-17-8-4-3-7-16(17)24-18(25)12-27-19(26)10-9-13-11-23-15-6-2-1-5-14(13)15/h1-8,11,20,23H,9-10,12H2,(H,24,25). The minimum Gasteiger partial charge on any atom is -0.456 e. The lowest BCUT2D eigenvalue weighted by atomic mass is 10.1. The monoisotopic (exact) mass is 404 g/mol. The van der Waals surface area contributed by atoms with Gasteiger partial charge in [0.25, 0.3) is 11.7 Å². The van der Waals surface area contributed by atoms with E-state index in [2.05, 4.69) is 10.3 Å². The number of aromatic amines is 1. The Balaban J connectivity index is 1.47. The Morgan fingerprint density at radius 3 is 2.68 bits per heavy atom. The van der Waals surface area contributed by atoms with Crippen molar-refractivity contribution in [2.45, 2.75) is 23.5 Å². The van der Waals surface area contributed by atoms with Gasteiger partial charge in [-0.25, -0.2) is 0 Å². The van der Waals surface area contributed by atoms with Crippen LogP contribution in [-0.2, 0) is 20.7 Å². The van der Waals surface area contributed by atoms with Crippen LogP contribution in [0.15, 0.2) is 59.6 Å². The second-order valence-electron chi connectivity index (χ2n) is 5.94. The number of rotatable bonds is 8. The second-order valence-corrected chi connectivity index (χ2v) is 6.97. The molecule has 0 atom stereocenters. The van der Waals surface area contributed by atoms with Crippen molar-refractivity contribution in [1.82, 2.24) is 4.98 Å². The van der Waals surface area contributed by atoms with E-state index in [0.717, 1.165) is 16.5 Å². The molecule has 0 aliphatic carbocycles. The Morgan fingerprint density at radius 2 is 1.86 bits per heavy atom. The minimum atomic E-state index is -2.60. The number of aromatic nitrogens is 1. The first-order valence-electron chi connectivity index (χ1n) is 8.57. The zero-order valence-corrected chi connectivity index (χ0v) is 15.6. The summed E-state index contributed by atoms with van der Waals surface area (Å²) < 4.78 is 30.1. The molecule has 1 heterocycles. The number of esters is 1. The van der Waals surface area contributed by atoms with E-state index < -0.39 is 24.2 Å². The Kier molecular flexibility index (Phi) is 6.65. The molecule has 3 rings (SSSR count). The van der Waals surface area contributed by atoms with Crippen molar-refractivity contribution in [2.24, 2.45) is 0 Å². The van der Waals surface area contributed by atoms with E-state index in [4.69, 9.17) is 4.74 Å². The third-order valence-electron chi connectivity index (χ3n) is 4.01. The summed E-state index contributed by atoms with van der Waals surface area (Å²) in [7, 11) is 0. The third-order valence-corrected chi connectivity index (χ3v) is 4.80. The summed E-state index contributed by atoms with van der Waals surface area (Å²) in [5.41, 5.74) is 2.24. The van der Waals surface area contributed by atoms with Gasteiger partial charge in [0.05, 0.1) is 5.69 Å². The van der Waals surface area contributed by atoms with Crippen LogP contribution in [0.25, 0.3) is 10.9 Å². The number of aryl methyl sites for hydroxylation is 1. The van der Waals surface area contributed by atoms with E-state index in [1.54, 1.807) is 12.1 Å². The van der Waals surface area contributed by atoms with Crippen LogP contribution in [0.3, 0.4) is 0 Å². The largest absolute Gasteiger partial charge is 0.456 e. The maximum Gasteiger partial charge on any atom is 0.306 e. The molecule has 0 fully saturated rings. The molecule has 1 amide bonds. The summed E-state index contributed by atoms with van der Waals surface area (Å²) in [6, 6.07) is 14.0. The zero-order valence-electron chi connectivity index (χ0n) is 14.8. The highest BCUT2D eigenvalue weighted by molar-refractivity contribution is 7.99. The number of fused-ring (bicyclic) bond motifs is 1. The fraction of sp³-hybridized carbons (Fsp3) is 0.200. The molecule has 8 heteroatoms. The van der Waals surface area contributed by atoms with Crippen LogP contribution in [0.2, 0.25) is 0 Å². The number of H-pyrrole nitrogens is 1. The van der Waals surface area contributed by atoms with E-state index in [9.17, 15) is 18.4 Å². The van der Waals surface area contributed by atoms with Gasteiger partial charge in [-0.3, -0.25) is 9.59 Å². The molecule has 146 valence electrons. The van der Waals surface area contributed by atoms with Crippen LogP contribution < -0.4 is 5.32 Å². The SMILES string of the molecule is O=C(COC(=O)CCc1c[nH]c2ccccc12)Nc1ccccc1SC(F)F. The number of carbonyl (C=O) groups excluding carboxylic acids is 2. The minimum absolute atomic E-state index is 0.132. The van der Waals surface area contributed by atoms with Crippen LogP contribution in [0.4, 0.5) is 14.5 Å². The van der Waals surface area contributed by atoms with Gasteiger partial charge in [0.1, 0.15) is 0 Å². The van der Waals surface area contributed by atoms with Crippen LogP contribution >= 0.6 is 11.8 Å². The van der Waals surface area contributed by atoms with E-state index in [-0.39, 0.29) is 17.0 Å². The van der Waals surface area contributed by atoms with Gasteiger partial charge in [0.15, 0.2) is 6.61 Å². The van der Waals surface area contributed by atoms with Gasteiger partial charge in [-0.2, -0.15) is 8.78 Å². The molecule has 0 saturated carbocycles. The van der Waals surface area contributed by atoms with Crippen LogP contribution in [0.5, 0.6) is 0 Å². The highest BCUT2D eigenvalue weighted by atomic mass is 32.2. The molecule has 1 aromatic heterocycles. The lowest BCUT2D eigenvalue weighted by molar-refractivity contribution is -0.147. The highest BCUT2D eigenvalue weighted by Crippen LogP contribution is 2.31. The molecule has 2 aromatic carbocycles. The van der Waals surface area contributed by atoms with E-state index >= 15 is 0 Å². The van der Waals surface area contributed by atoms with Crippen molar-refractivity contribution in [2.75, 3.05) is 11.9 Å². The number of carbonyl (C=O) groups is 2. The fourth-order valence-electron chi connectivity index (χ4n) is 2.75. The first-order valence-corrected chi connectivity index (χ1v) is 9.45. The number of hydrogen-bond donors (Lipinski definition) is 2. The van der Waals surface area contributed by atoms with Crippen LogP contribution in [0, 0.1) is 0 Å². The number of benzene rings is 2. The van der Waals surface area contributed by atoms with Gasteiger partial charge >= 0.3 is 5.97 Å². The maximum absolute atomic E-state index is 12.6. The van der Waals surface area contributed by atoms with E-state index in [1.807, 2.05) is 30.5 Å². The average molecular weight is 404 g/mol. The van der Waals surface area contributed by atoms with E-state index in [0.29, 0.717) is 18.2 Å². The van der Waals surface area contributed by atoms with E-state index in [1.165, 1.54) is 12.1 Å². The molecule has 5 nitrogen and oxygen atoms in total. The summed E-state index contributed by atoms with van der Waals surface area (Å²) in [5, 5.41) is 3.53. The zero-order chi connectivity index (χ0) is 19.9. The van der Waals surface area contributed by atoms with Crippen molar-refractivity contribution in [1.29, 1.82) is 0 Å². The van der Waals surface area contributed by atoms with Gasteiger partial charge < -0.3 is 15.0 Å².